The van der Waals surface area contributed by atoms with Crippen molar-refractivity contribution in [1.82, 2.24) is 0 Å². The predicted octanol–water partition coefficient (Wildman–Crippen LogP) is 4.15. The standard InChI is InChI=1S/C12H17FS/c1-10-5-6-12(9-11(10)2)14-8-4-3-7-13/h5-6,9H,3-4,7-8H2,1-2H3. The molecule has 0 aliphatic rings. The summed E-state index contributed by atoms with van der Waals surface area (Å²) in [5.41, 5.74) is 2.67. The number of aryl methyl sites for hydroxylation is 2. The summed E-state index contributed by atoms with van der Waals surface area (Å²) in [6, 6.07) is 6.49. The fourth-order valence-corrected chi connectivity index (χ4v) is 2.20. The number of hydrogen-bond donors (Lipinski definition) is 0. The van der Waals surface area contributed by atoms with Gasteiger partial charge in [-0.2, -0.15) is 0 Å². The van der Waals surface area contributed by atoms with Gasteiger partial charge in [0.1, 0.15) is 0 Å². The molecular weight excluding hydrogens is 195 g/mol. The van der Waals surface area contributed by atoms with Crippen molar-refractivity contribution in [1.29, 1.82) is 0 Å². The molecule has 0 saturated heterocycles. The van der Waals surface area contributed by atoms with E-state index in [4.69, 9.17) is 0 Å². The zero-order valence-corrected chi connectivity index (χ0v) is 9.66. The second-order valence-corrected chi connectivity index (χ2v) is 4.66. The molecule has 0 atom stereocenters. The number of hydrogen-bond acceptors (Lipinski definition) is 1. The number of rotatable bonds is 5. The van der Waals surface area contributed by atoms with Gasteiger partial charge in [0.05, 0.1) is 6.67 Å². The summed E-state index contributed by atoms with van der Waals surface area (Å²) in [6.07, 6.45) is 1.66. The van der Waals surface area contributed by atoms with Gasteiger partial charge in [0.25, 0.3) is 0 Å². The van der Waals surface area contributed by atoms with E-state index < -0.39 is 0 Å². The lowest BCUT2D eigenvalue weighted by molar-refractivity contribution is 0.470. The Morgan fingerprint density at radius 1 is 1.14 bits per heavy atom. The highest BCUT2D eigenvalue weighted by Gasteiger charge is 1.97. The third kappa shape index (κ3) is 3.70. The first-order chi connectivity index (χ1) is 6.74. The molecule has 0 unspecified atom stereocenters. The third-order valence-corrected chi connectivity index (χ3v) is 3.36. The van der Waals surface area contributed by atoms with Crippen molar-refractivity contribution in [3.05, 3.63) is 29.3 Å². The van der Waals surface area contributed by atoms with Crippen LogP contribution in [-0.4, -0.2) is 12.4 Å². The lowest BCUT2D eigenvalue weighted by Gasteiger charge is -2.04. The monoisotopic (exact) mass is 212 g/mol. The Bertz CT molecular complexity index is 284. The second kappa shape index (κ2) is 6.07. The highest BCUT2D eigenvalue weighted by atomic mass is 32.2. The summed E-state index contributed by atoms with van der Waals surface area (Å²) in [5, 5.41) is 0. The van der Waals surface area contributed by atoms with E-state index in [1.165, 1.54) is 16.0 Å². The Kier molecular flexibility index (Phi) is 5.02. The molecule has 78 valence electrons. The molecule has 0 amide bonds. The van der Waals surface area contributed by atoms with Gasteiger partial charge in [-0.3, -0.25) is 4.39 Å². The van der Waals surface area contributed by atoms with Crippen molar-refractivity contribution in [2.75, 3.05) is 12.4 Å². The molecule has 1 aromatic carbocycles. The molecule has 0 aliphatic heterocycles. The predicted molar refractivity (Wildman–Crippen MR) is 61.8 cm³/mol. The van der Waals surface area contributed by atoms with Crippen LogP contribution >= 0.6 is 11.8 Å². The van der Waals surface area contributed by atoms with E-state index in [-0.39, 0.29) is 6.67 Å². The molecule has 0 saturated carbocycles. The fraction of sp³-hybridized carbons (Fsp3) is 0.500. The van der Waals surface area contributed by atoms with Crippen LogP contribution in [-0.2, 0) is 0 Å². The zero-order chi connectivity index (χ0) is 10.4. The van der Waals surface area contributed by atoms with Crippen LogP contribution in [0.5, 0.6) is 0 Å². The summed E-state index contributed by atoms with van der Waals surface area (Å²) < 4.78 is 11.8. The molecule has 14 heavy (non-hydrogen) atoms. The van der Waals surface area contributed by atoms with E-state index >= 15 is 0 Å². The lowest BCUT2D eigenvalue weighted by atomic mass is 10.1. The average Bonchev–Trinajstić information content (AvgIpc) is 2.18. The van der Waals surface area contributed by atoms with Crippen LogP contribution in [0.1, 0.15) is 24.0 Å². The van der Waals surface area contributed by atoms with Crippen molar-refractivity contribution in [3.8, 4) is 0 Å². The molecule has 0 aliphatic carbocycles. The maximum atomic E-state index is 11.8. The Balaban J connectivity index is 2.39. The van der Waals surface area contributed by atoms with Crippen molar-refractivity contribution < 1.29 is 4.39 Å². The summed E-state index contributed by atoms with van der Waals surface area (Å²) in [5.74, 6) is 1.02. The summed E-state index contributed by atoms with van der Waals surface area (Å²) in [4.78, 5) is 1.30. The minimum absolute atomic E-state index is 0.187. The first-order valence-corrected chi connectivity index (χ1v) is 5.98. The second-order valence-electron chi connectivity index (χ2n) is 3.49. The molecule has 0 radical (unpaired) electrons. The first-order valence-electron chi connectivity index (χ1n) is 5.00. The highest BCUT2D eigenvalue weighted by Crippen LogP contribution is 2.21. The van der Waals surface area contributed by atoms with Crippen molar-refractivity contribution >= 4 is 11.8 Å². The van der Waals surface area contributed by atoms with Gasteiger partial charge in [-0.15, -0.1) is 11.8 Å². The first kappa shape index (κ1) is 11.6. The minimum Gasteiger partial charge on any atom is -0.251 e. The van der Waals surface area contributed by atoms with Crippen LogP contribution in [0, 0.1) is 13.8 Å². The van der Waals surface area contributed by atoms with Crippen molar-refractivity contribution in [3.63, 3.8) is 0 Å². The van der Waals surface area contributed by atoms with Crippen LogP contribution in [0.25, 0.3) is 0 Å². The van der Waals surface area contributed by atoms with E-state index in [9.17, 15) is 4.39 Å². The van der Waals surface area contributed by atoms with Gasteiger partial charge >= 0.3 is 0 Å². The smallest absolute Gasteiger partial charge is 0.0894 e. The van der Waals surface area contributed by atoms with E-state index in [0.29, 0.717) is 6.42 Å². The maximum Gasteiger partial charge on any atom is 0.0894 e. The molecule has 1 rings (SSSR count). The van der Waals surface area contributed by atoms with Gasteiger partial charge in [0, 0.05) is 4.90 Å². The summed E-state index contributed by atoms with van der Waals surface area (Å²) in [6.45, 7) is 4.06. The maximum absolute atomic E-state index is 11.8. The number of benzene rings is 1. The quantitative estimate of drug-likeness (QED) is 0.522. The molecule has 0 aromatic heterocycles. The fourth-order valence-electron chi connectivity index (χ4n) is 1.19. The number of thioether (sulfide) groups is 1. The highest BCUT2D eigenvalue weighted by molar-refractivity contribution is 7.99. The number of unbranched alkanes of at least 4 members (excludes halogenated alkanes) is 1. The lowest BCUT2D eigenvalue weighted by Crippen LogP contribution is -1.84. The molecule has 1 aromatic rings. The third-order valence-electron chi connectivity index (χ3n) is 2.28. The Morgan fingerprint density at radius 2 is 1.93 bits per heavy atom. The summed E-state index contributed by atoms with van der Waals surface area (Å²) in [7, 11) is 0. The van der Waals surface area contributed by atoms with Gasteiger partial charge in [-0.25, -0.2) is 0 Å². The van der Waals surface area contributed by atoms with E-state index in [2.05, 4.69) is 32.0 Å². The molecule has 0 heterocycles. The normalized spacial score (nSPS) is 10.5. The van der Waals surface area contributed by atoms with Gasteiger partial charge in [0.2, 0.25) is 0 Å². The molecule has 0 nitrogen and oxygen atoms in total. The van der Waals surface area contributed by atoms with Crippen LogP contribution in [0.3, 0.4) is 0 Å². The van der Waals surface area contributed by atoms with Crippen LogP contribution in [0.2, 0.25) is 0 Å². The summed E-state index contributed by atoms with van der Waals surface area (Å²) >= 11 is 1.82. The minimum atomic E-state index is -0.187. The SMILES string of the molecule is Cc1ccc(SCCCCF)cc1C. The van der Waals surface area contributed by atoms with Gasteiger partial charge in [-0.1, -0.05) is 6.07 Å². The van der Waals surface area contributed by atoms with E-state index in [1.54, 1.807) is 0 Å². The van der Waals surface area contributed by atoms with Gasteiger partial charge < -0.3 is 0 Å². The molecular formula is C12H17FS. The Labute approximate surface area is 89.9 Å². The van der Waals surface area contributed by atoms with Gasteiger partial charge in [0.15, 0.2) is 0 Å². The number of halogens is 1. The molecule has 0 spiro atoms. The molecule has 0 N–H and O–H groups in total. The Hall–Kier alpha value is -0.500. The molecule has 2 heteroatoms. The van der Waals surface area contributed by atoms with E-state index in [0.717, 1.165) is 12.2 Å². The van der Waals surface area contributed by atoms with Crippen LogP contribution in [0.4, 0.5) is 4.39 Å². The average molecular weight is 212 g/mol. The van der Waals surface area contributed by atoms with E-state index in [1.807, 2.05) is 11.8 Å². The molecule has 0 bridgehead atoms. The van der Waals surface area contributed by atoms with Crippen molar-refractivity contribution in [2.45, 2.75) is 31.6 Å². The Morgan fingerprint density at radius 3 is 2.57 bits per heavy atom. The zero-order valence-electron chi connectivity index (χ0n) is 8.85. The van der Waals surface area contributed by atoms with Gasteiger partial charge in [-0.05, 0) is 55.7 Å². The van der Waals surface area contributed by atoms with Crippen LogP contribution in [0.15, 0.2) is 23.1 Å². The van der Waals surface area contributed by atoms with Crippen molar-refractivity contribution in [2.24, 2.45) is 0 Å². The molecule has 0 fully saturated rings. The topological polar surface area (TPSA) is 0 Å². The van der Waals surface area contributed by atoms with Crippen LogP contribution < -0.4 is 0 Å². The largest absolute Gasteiger partial charge is 0.251 e. The number of alkyl halides is 1.